The van der Waals surface area contributed by atoms with E-state index in [0.29, 0.717) is 6.04 Å². The van der Waals surface area contributed by atoms with Crippen LogP contribution >= 0.6 is 0 Å². The average Bonchev–Trinajstić information content (AvgIpc) is 2.34. The van der Waals surface area contributed by atoms with Gasteiger partial charge in [0.1, 0.15) is 0 Å². The highest BCUT2D eigenvalue weighted by Gasteiger charge is 2.29. The molecule has 72 valence electrons. The second-order valence-electron chi connectivity index (χ2n) is 4.19. The third-order valence-electron chi connectivity index (χ3n) is 2.84. The second-order valence-corrected chi connectivity index (χ2v) is 4.19. The van der Waals surface area contributed by atoms with Gasteiger partial charge in [-0.15, -0.1) is 0 Å². The molecular formula is C10H22N2. The second kappa shape index (κ2) is 4.24. The van der Waals surface area contributed by atoms with Crippen molar-refractivity contribution >= 4 is 0 Å². The first-order valence-corrected chi connectivity index (χ1v) is 5.12. The van der Waals surface area contributed by atoms with Crippen molar-refractivity contribution in [3.63, 3.8) is 0 Å². The van der Waals surface area contributed by atoms with Gasteiger partial charge in [-0.05, 0) is 26.3 Å². The van der Waals surface area contributed by atoms with Crippen molar-refractivity contribution in [1.82, 2.24) is 10.2 Å². The van der Waals surface area contributed by atoms with Crippen LogP contribution in [0.1, 0.15) is 27.7 Å². The van der Waals surface area contributed by atoms with E-state index in [1.807, 2.05) is 0 Å². The minimum atomic E-state index is 0.705. The molecule has 0 bridgehead atoms. The third kappa shape index (κ3) is 2.20. The molecule has 1 aliphatic heterocycles. The van der Waals surface area contributed by atoms with Crippen molar-refractivity contribution in [2.24, 2.45) is 5.92 Å². The Labute approximate surface area is 76.3 Å². The molecule has 0 spiro atoms. The van der Waals surface area contributed by atoms with Gasteiger partial charge in [0.25, 0.3) is 0 Å². The predicted molar refractivity (Wildman–Crippen MR) is 53.3 cm³/mol. The van der Waals surface area contributed by atoms with Gasteiger partial charge in [0.2, 0.25) is 0 Å². The quantitative estimate of drug-likeness (QED) is 0.687. The van der Waals surface area contributed by atoms with E-state index in [0.717, 1.165) is 18.5 Å². The van der Waals surface area contributed by atoms with Crippen molar-refractivity contribution < 1.29 is 0 Å². The molecular weight excluding hydrogens is 148 g/mol. The van der Waals surface area contributed by atoms with Crippen molar-refractivity contribution in [2.75, 3.05) is 19.6 Å². The number of nitrogens with one attached hydrogen (secondary N) is 1. The van der Waals surface area contributed by atoms with Gasteiger partial charge in [0.15, 0.2) is 0 Å². The van der Waals surface area contributed by atoms with Crippen LogP contribution < -0.4 is 5.32 Å². The van der Waals surface area contributed by atoms with Crippen LogP contribution in [0.5, 0.6) is 0 Å². The van der Waals surface area contributed by atoms with Crippen LogP contribution in [0.4, 0.5) is 0 Å². The molecule has 2 heteroatoms. The predicted octanol–water partition coefficient (Wildman–Crippen LogP) is 1.32. The fourth-order valence-corrected chi connectivity index (χ4v) is 1.95. The van der Waals surface area contributed by atoms with Gasteiger partial charge in [-0.2, -0.15) is 0 Å². The van der Waals surface area contributed by atoms with Crippen LogP contribution in [0, 0.1) is 5.92 Å². The van der Waals surface area contributed by atoms with E-state index in [4.69, 9.17) is 0 Å². The molecule has 1 fully saturated rings. The molecule has 0 radical (unpaired) electrons. The minimum absolute atomic E-state index is 0.705. The van der Waals surface area contributed by atoms with Crippen LogP contribution in [0.3, 0.4) is 0 Å². The van der Waals surface area contributed by atoms with Crippen LogP contribution in [0.15, 0.2) is 0 Å². The van der Waals surface area contributed by atoms with E-state index in [-0.39, 0.29) is 0 Å². The van der Waals surface area contributed by atoms with Crippen molar-refractivity contribution in [3.8, 4) is 0 Å². The summed E-state index contributed by atoms with van der Waals surface area (Å²) in [5.41, 5.74) is 0. The summed E-state index contributed by atoms with van der Waals surface area (Å²) in [7, 11) is 0. The number of nitrogens with zero attached hydrogens (tertiary/aromatic N) is 1. The van der Waals surface area contributed by atoms with Crippen LogP contribution in [0.25, 0.3) is 0 Å². The molecule has 1 heterocycles. The molecule has 2 nitrogen and oxygen atoms in total. The normalized spacial score (nSPS) is 31.8. The lowest BCUT2D eigenvalue weighted by molar-refractivity contribution is 0.264. The molecule has 1 saturated heterocycles. The Balaban J connectivity index is 2.39. The van der Waals surface area contributed by atoms with Crippen molar-refractivity contribution in [2.45, 2.75) is 39.8 Å². The molecule has 0 aromatic carbocycles. The van der Waals surface area contributed by atoms with E-state index in [1.54, 1.807) is 0 Å². The highest BCUT2D eigenvalue weighted by Crippen LogP contribution is 2.18. The Kier molecular flexibility index (Phi) is 3.53. The molecule has 2 atom stereocenters. The Morgan fingerprint density at radius 2 is 2.08 bits per heavy atom. The molecule has 1 N–H and O–H groups in total. The van der Waals surface area contributed by atoms with Gasteiger partial charge in [-0.3, -0.25) is 4.90 Å². The number of hydrogen-bond donors (Lipinski definition) is 1. The third-order valence-corrected chi connectivity index (χ3v) is 2.84. The summed E-state index contributed by atoms with van der Waals surface area (Å²) < 4.78 is 0. The molecule has 0 aromatic heterocycles. The Bertz CT molecular complexity index is 134. The topological polar surface area (TPSA) is 15.3 Å². The zero-order valence-electron chi connectivity index (χ0n) is 8.80. The zero-order valence-corrected chi connectivity index (χ0v) is 8.80. The fraction of sp³-hybridized carbons (Fsp3) is 1.00. The van der Waals surface area contributed by atoms with Gasteiger partial charge < -0.3 is 5.32 Å². The van der Waals surface area contributed by atoms with E-state index < -0.39 is 0 Å². The average molecular weight is 170 g/mol. The summed E-state index contributed by atoms with van der Waals surface area (Å²) in [6.07, 6.45) is 0. The van der Waals surface area contributed by atoms with Gasteiger partial charge in [-0.25, -0.2) is 0 Å². The molecule has 0 aromatic rings. The maximum absolute atomic E-state index is 3.54. The minimum Gasteiger partial charge on any atom is -0.313 e. The fourth-order valence-electron chi connectivity index (χ4n) is 1.95. The highest BCUT2D eigenvalue weighted by atomic mass is 15.2. The number of likely N-dealkylation sites (N-methyl/N-ethyl adjacent to an activating group) is 1. The molecule has 1 aliphatic rings. The summed E-state index contributed by atoms with van der Waals surface area (Å²) in [4.78, 5) is 2.55. The molecule has 0 amide bonds. The summed E-state index contributed by atoms with van der Waals surface area (Å²) in [5, 5.41) is 3.54. The molecule has 2 unspecified atom stereocenters. The Hall–Kier alpha value is -0.0800. The number of rotatable bonds is 3. The lowest BCUT2D eigenvalue weighted by Crippen LogP contribution is -2.36. The van der Waals surface area contributed by atoms with E-state index in [1.165, 1.54) is 13.1 Å². The van der Waals surface area contributed by atoms with E-state index in [2.05, 4.69) is 37.9 Å². The van der Waals surface area contributed by atoms with Crippen molar-refractivity contribution in [1.29, 1.82) is 0 Å². The maximum atomic E-state index is 3.54. The lowest BCUT2D eigenvalue weighted by atomic mass is 10.1. The molecule has 1 rings (SSSR count). The number of likely N-dealkylation sites (tertiary alicyclic amines) is 1. The first-order chi connectivity index (χ1) is 5.65. The standard InChI is InChI=1S/C10H22N2/c1-5-11-10-7-12(8(2)3)6-9(10)4/h8-11H,5-7H2,1-4H3. The van der Waals surface area contributed by atoms with Crippen LogP contribution in [-0.2, 0) is 0 Å². The summed E-state index contributed by atoms with van der Waals surface area (Å²) in [6.45, 7) is 12.7. The number of hydrogen-bond acceptors (Lipinski definition) is 2. The smallest absolute Gasteiger partial charge is 0.0232 e. The molecule has 0 aliphatic carbocycles. The molecule has 12 heavy (non-hydrogen) atoms. The van der Waals surface area contributed by atoms with Gasteiger partial charge >= 0.3 is 0 Å². The van der Waals surface area contributed by atoms with Crippen molar-refractivity contribution in [3.05, 3.63) is 0 Å². The monoisotopic (exact) mass is 170 g/mol. The first kappa shape index (κ1) is 10.0. The zero-order chi connectivity index (χ0) is 9.14. The summed E-state index contributed by atoms with van der Waals surface area (Å²) >= 11 is 0. The van der Waals surface area contributed by atoms with Crippen LogP contribution in [-0.4, -0.2) is 36.6 Å². The maximum Gasteiger partial charge on any atom is 0.0232 e. The SMILES string of the molecule is CCNC1CN(C(C)C)CC1C. The van der Waals surface area contributed by atoms with Gasteiger partial charge in [0.05, 0.1) is 0 Å². The lowest BCUT2D eigenvalue weighted by Gasteiger charge is -2.20. The summed E-state index contributed by atoms with van der Waals surface area (Å²) in [6, 6.07) is 1.42. The van der Waals surface area contributed by atoms with Crippen LogP contribution in [0.2, 0.25) is 0 Å². The molecule has 0 saturated carbocycles. The van der Waals surface area contributed by atoms with Gasteiger partial charge in [-0.1, -0.05) is 13.8 Å². The summed E-state index contributed by atoms with van der Waals surface area (Å²) in [5.74, 6) is 0.812. The Morgan fingerprint density at radius 1 is 1.42 bits per heavy atom. The highest BCUT2D eigenvalue weighted by molar-refractivity contribution is 4.87. The Morgan fingerprint density at radius 3 is 2.50 bits per heavy atom. The van der Waals surface area contributed by atoms with E-state index >= 15 is 0 Å². The first-order valence-electron chi connectivity index (χ1n) is 5.12. The largest absolute Gasteiger partial charge is 0.313 e. The van der Waals surface area contributed by atoms with Gasteiger partial charge in [0, 0.05) is 25.2 Å². The van der Waals surface area contributed by atoms with E-state index in [9.17, 15) is 0 Å².